The van der Waals surface area contributed by atoms with Crippen LogP contribution in [0.5, 0.6) is 0 Å². The lowest BCUT2D eigenvalue weighted by Crippen LogP contribution is -2.54. The Bertz CT molecular complexity index is 837. The van der Waals surface area contributed by atoms with Gasteiger partial charge in [-0.05, 0) is 64.5 Å². The monoisotopic (exact) mass is 555 g/mol. The molecule has 3 unspecified atom stereocenters. The van der Waals surface area contributed by atoms with Gasteiger partial charge in [-0.2, -0.15) is 0 Å². The molecule has 0 bridgehead atoms. The molecule has 1 heterocycles. The molecule has 37 heavy (non-hydrogen) atoms. The minimum Gasteiger partial charge on any atom is -0.385 e. The predicted octanol–water partition coefficient (Wildman–Crippen LogP) is 6.37. The van der Waals surface area contributed by atoms with Crippen molar-refractivity contribution < 1.29 is 14.6 Å². The van der Waals surface area contributed by atoms with Crippen molar-refractivity contribution in [2.24, 2.45) is 11.8 Å². The van der Waals surface area contributed by atoms with Gasteiger partial charge in [-0.25, -0.2) is 4.79 Å². The number of nitrogens with zero attached hydrogens (tertiary/aromatic N) is 1. The van der Waals surface area contributed by atoms with Gasteiger partial charge in [-0.1, -0.05) is 67.4 Å². The summed E-state index contributed by atoms with van der Waals surface area (Å²) >= 11 is 13.0. The first-order valence-corrected chi connectivity index (χ1v) is 15.1. The molecule has 0 aromatic heterocycles. The second kappa shape index (κ2) is 15.5. The third-order valence-electron chi connectivity index (χ3n) is 8.22. The number of hydrogen-bond acceptors (Lipinski definition) is 4. The molecule has 3 rings (SSSR count). The molecule has 1 aromatic carbocycles. The first-order chi connectivity index (χ1) is 17.9. The van der Waals surface area contributed by atoms with E-state index >= 15 is 0 Å². The highest BCUT2D eigenvalue weighted by atomic mass is 35.5. The fourth-order valence-corrected chi connectivity index (χ4v) is 6.69. The second-order valence-corrected chi connectivity index (χ2v) is 11.7. The number of likely N-dealkylation sites (N-methyl/N-ethyl adjacent to an activating group) is 1. The van der Waals surface area contributed by atoms with E-state index in [1.54, 1.807) is 6.07 Å². The normalized spacial score (nSPS) is 21.4. The summed E-state index contributed by atoms with van der Waals surface area (Å²) in [4.78, 5) is 15.3. The average molecular weight is 557 g/mol. The molecular weight excluding hydrogens is 509 g/mol. The van der Waals surface area contributed by atoms with Crippen LogP contribution in [0.15, 0.2) is 18.2 Å². The van der Waals surface area contributed by atoms with Crippen LogP contribution in [0.2, 0.25) is 10.0 Å². The lowest BCUT2D eigenvalue weighted by molar-refractivity contribution is -0.0564. The third-order valence-corrected chi connectivity index (χ3v) is 9.04. The summed E-state index contributed by atoms with van der Waals surface area (Å²) in [7, 11) is 1.94. The van der Waals surface area contributed by atoms with Crippen LogP contribution in [0.4, 0.5) is 4.79 Å². The first-order valence-electron chi connectivity index (χ1n) is 14.3. The molecule has 1 aliphatic heterocycles. The van der Waals surface area contributed by atoms with Gasteiger partial charge >= 0.3 is 6.03 Å². The number of nitrogens with one attached hydrogen (secondary N) is 2. The molecule has 3 N–H and O–H groups in total. The van der Waals surface area contributed by atoms with E-state index in [2.05, 4.69) is 10.6 Å². The van der Waals surface area contributed by atoms with Crippen LogP contribution in [0.25, 0.3) is 0 Å². The largest absolute Gasteiger partial charge is 0.385 e. The number of carbonyl (C=O) groups excluding carboxylic acids is 1. The van der Waals surface area contributed by atoms with Crippen molar-refractivity contribution in [1.82, 2.24) is 15.5 Å². The van der Waals surface area contributed by atoms with Gasteiger partial charge in [0.2, 0.25) is 0 Å². The second-order valence-electron chi connectivity index (χ2n) is 10.9. The molecule has 0 spiro atoms. The summed E-state index contributed by atoms with van der Waals surface area (Å²) in [5.74, 6) is 0.560. The van der Waals surface area contributed by atoms with E-state index < -0.39 is 5.60 Å². The highest BCUT2D eigenvalue weighted by molar-refractivity contribution is 6.42. The molecule has 2 aliphatic rings. The summed E-state index contributed by atoms with van der Waals surface area (Å²) in [6.45, 7) is 5.30. The van der Waals surface area contributed by atoms with E-state index in [1.165, 1.54) is 32.1 Å². The molecule has 2 amide bonds. The highest BCUT2D eigenvalue weighted by Gasteiger charge is 2.42. The summed E-state index contributed by atoms with van der Waals surface area (Å²) in [6.07, 6.45) is 11.4. The van der Waals surface area contributed by atoms with E-state index in [4.69, 9.17) is 27.9 Å². The Hall–Kier alpha value is -1.05. The molecule has 8 heteroatoms. The quantitative estimate of drug-likeness (QED) is 0.247. The molecule has 3 atom stereocenters. The van der Waals surface area contributed by atoms with Gasteiger partial charge in [0.15, 0.2) is 0 Å². The number of urea groups is 1. The van der Waals surface area contributed by atoms with Gasteiger partial charge in [-0.15, -0.1) is 0 Å². The Labute approximate surface area is 233 Å². The van der Waals surface area contributed by atoms with Crippen LogP contribution in [-0.4, -0.2) is 62.0 Å². The zero-order valence-electron chi connectivity index (χ0n) is 22.7. The molecule has 1 saturated heterocycles. The fourth-order valence-electron chi connectivity index (χ4n) is 6.22. The number of benzene rings is 1. The van der Waals surface area contributed by atoms with E-state index in [9.17, 15) is 9.90 Å². The van der Waals surface area contributed by atoms with Crippen LogP contribution < -0.4 is 10.6 Å². The van der Waals surface area contributed by atoms with Crippen LogP contribution in [0.1, 0.15) is 83.1 Å². The minimum absolute atomic E-state index is 0.0309. The van der Waals surface area contributed by atoms with Crippen molar-refractivity contribution in [3.8, 4) is 0 Å². The first kappa shape index (κ1) is 30.5. The van der Waals surface area contributed by atoms with Gasteiger partial charge in [0.1, 0.15) is 0 Å². The predicted molar refractivity (Wildman–Crippen MR) is 152 cm³/mol. The van der Waals surface area contributed by atoms with Gasteiger partial charge in [0.05, 0.1) is 15.6 Å². The zero-order chi connectivity index (χ0) is 26.7. The lowest BCUT2D eigenvalue weighted by atomic mass is 9.74. The Morgan fingerprint density at radius 3 is 2.70 bits per heavy atom. The summed E-state index contributed by atoms with van der Waals surface area (Å²) < 4.78 is 5.51. The third kappa shape index (κ3) is 8.72. The number of piperidine rings is 1. The molecule has 1 aromatic rings. The van der Waals surface area contributed by atoms with Crippen LogP contribution in [0, 0.1) is 11.8 Å². The maximum atomic E-state index is 13.4. The number of unbranched alkanes of at least 4 members (excludes halogenated alkanes) is 1. The Morgan fingerprint density at radius 1 is 1.19 bits per heavy atom. The van der Waals surface area contributed by atoms with E-state index in [0.717, 1.165) is 38.6 Å². The molecule has 0 radical (unpaired) electrons. The zero-order valence-corrected chi connectivity index (χ0v) is 24.3. The molecule has 6 nitrogen and oxygen atoms in total. The van der Waals surface area contributed by atoms with Crippen molar-refractivity contribution in [3.05, 3.63) is 33.8 Å². The van der Waals surface area contributed by atoms with Crippen molar-refractivity contribution in [1.29, 1.82) is 0 Å². The maximum absolute atomic E-state index is 13.4. The average Bonchev–Trinajstić information content (AvgIpc) is 2.90. The van der Waals surface area contributed by atoms with Gasteiger partial charge in [-0.3, -0.25) is 0 Å². The van der Waals surface area contributed by atoms with Crippen LogP contribution >= 0.6 is 23.2 Å². The number of ether oxygens (including phenoxy) is 1. The number of carbonyl (C=O) groups is 1. The van der Waals surface area contributed by atoms with Gasteiger partial charge < -0.3 is 25.4 Å². The Balaban J connectivity index is 1.71. The molecular formula is C29H47Cl2N3O3. The Morgan fingerprint density at radius 2 is 1.97 bits per heavy atom. The van der Waals surface area contributed by atoms with E-state index in [-0.39, 0.29) is 18.0 Å². The number of rotatable bonds is 13. The van der Waals surface area contributed by atoms with E-state index in [1.807, 2.05) is 31.0 Å². The molecule has 1 aliphatic carbocycles. The number of likely N-dealkylation sites (tertiary alicyclic amines) is 1. The SMILES string of the molecule is CCOCCCCC(O)(c1cccc(Cl)c1Cl)C1CCCN(C(=O)NC(CNC)CC2CCCCC2)C1. The van der Waals surface area contributed by atoms with Gasteiger partial charge in [0, 0.05) is 50.4 Å². The number of hydrogen-bond donors (Lipinski definition) is 3. The summed E-state index contributed by atoms with van der Waals surface area (Å²) in [5.41, 5.74) is -0.504. The fraction of sp³-hybridized carbons (Fsp3) is 0.759. The smallest absolute Gasteiger partial charge is 0.317 e. The number of halogens is 2. The van der Waals surface area contributed by atoms with E-state index in [0.29, 0.717) is 54.3 Å². The number of aliphatic hydroxyl groups is 1. The van der Waals surface area contributed by atoms with Gasteiger partial charge in [0.25, 0.3) is 0 Å². The van der Waals surface area contributed by atoms with Crippen LogP contribution in [-0.2, 0) is 10.3 Å². The topological polar surface area (TPSA) is 73.8 Å². The maximum Gasteiger partial charge on any atom is 0.317 e. The van der Waals surface area contributed by atoms with Crippen molar-refractivity contribution in [2.75, 3.05) is 39.9 Å². The summed E-state index contributed by atoms with van der Waals surface area (Å²) in [5, 5.41) is 19.6. The Kier molecular flexibility index (Phi) is 12.8. The minimum atomic E-state index is -1.17. The molecule has 1 saturated carbocycles. The lowest BCUT2D eigenvalue weighted by Gasteiger charge is -2.43. The number of amides is 2. The van der Waals surface area contributed by atoms with Crippen molar-refractivity contribution in [2.45, 2.75) is 89.2 Å². The summed E-state index contributed by atoms with van der Waals surface area (Å²) in [6, 6.07) is 5.55. The standard InChI is InChI=1S/C29H47Cl2N3O3/c1-3-37-18-8-7-16-29(36,25-14-9-15-26(30)27(25)31)23-13-10-17-34(21-23)28(35)33-24(20-32-2)19-22-11-5-4-6-12-22/h9,14-15,22-24,32,36H,3-8,10-13,16-21H2,1-2H3,(H,33,35). The van der Waals surface area contributed by atoms with Crippen LogP contribution in [0.3, 0.4) is 0 Å². The highest BCUT2D eigenvalue weighted by Crippen LogP contribution is 2.44. The van der Waals surface area contributed by atoms with Crippen molar-refractivity contribution >= 4 is 29.2 Å². The van der Waals surface area contributed by atoms with Crippen molar-refractivity contribution in [3.63, 3.8) is 0 Å². The molecule has 2 fully saturated rings. The molecule has 210 valence electrons.